The quantitative estimate of drug-likeness (QED) is 0.186. The second-order valence-electron chi connectivity index (χ2n) is 14.3. The third-order valence-electron chi connectivity index (χ3n) is 10.8. The van der Waals surface area contributed by atoms with Crippen LogP contribution in [0.2, 0.25) is 0 Å². The van der Waals surface area contributed by atoms with Crippen LogP contribution in [0.3, 0.4) is 0 Å². The average Bonchev–Trinajstić information content (AvgIpc) is 3.86. The molecular formula is C52H33N3O. The van der Waals surface area contributed by atoms with Crippen LogP contribution in [0.5, 0.6) is 0 Å². The number of nitrogens with one attached hydrogen (secondary N) is 1. The fourth-order valence-electron chi connectivity index (χ4n) is 8.13. The Morgan fingerprint density at radius 2 is 0.911 bits per heavy atom. The number of nitrogens with zero attached hydrogens (tertiary/aromatic N) is 2. The molecule has 0 aliphatic heterocycles. The Hall–Kier alpha value is -7.56. The van der Waals surface area contributed by atoms with Crippen molar-refractivity contribution < 1.29 is 4.42 Å². The van der Waals surface area contributed by atoms with Gasteiger partial charge < -0.3 is 9.40 Å². The van der Waals surface area contributed by atoms with Gasteiger partial charge in [0.15, 0.2) is 5.82 Å². The number of benzene rings is 8. The van der Waals surface area contributed by atoms with Gasteiger partial charge in [-0.05, 0) is 64.7 Å². The summed E-state index contributed by atoms with van der Waals surface area (Å²) < 4.78 is 6.60. The molecule has 1 N–H and O–H groups in total. The van der Waals surface area contributed by atoms with Crippen molar-refractivity contribution in [3.05, 3.63) is 194 Å². The Morgan fingerprint density at radius 3 is 1.73 bits per heavy atom. The van der Waals surface area contributed by atoms with Crippen molar-refractivity contribution in [3.63, 3.8) is 0 Å². The van der Waals surface area contributed by atoms with Gasteiger partial charge in [-0.2, -0.15) is 0 Å². The molecule has 8 aromatic carbocycles. The van der Waals surface area contributed by atoms with E-state index in [1.54, 1.807) is 0 Å². The first-order chi connectivity index (χ1) is 27.7. The van der Waals surface area contributed by atoms with Crippen molar-refractivity contribution in [2.75, 3.05) is 0 Å². The lowest BCUT2D eigenvalue weighted by Gasteiger charge is -2.14. The standard InChI is InChI=1S/C52H33N3O/c1-3-14-33(15-4-1)35-18-11-19-36(28-35)48-32-47(34-16-5-2-6-17-34)54-52(55-48)39-30-37(40-22-12-24-44-42-20-7-9-26-46(42)53-50(40)44)29-38(31-39)41-23-13-25-45-43-21-8-10-27-49(43)56-51(41)45/h1-32,53H. The number of hydrogen-bond donors (Lipinski definition) is 1. The minimum absolute atomic E-state index is 0.648. The Labute approximate surface area is 323 Å². The number of H-pyrrole nitrogens is 1. The van der Waals surface area contributed by atoms with E-state index in [9.17, 15) is 0 Å². The van der Waals surface area contributed by atoms with Gasteiger partial charge >= 0.3 is 0 Å². The number of rotatable bonds is 6. The normalized spacial score (nSPS) is 11.6. The zero-order valence-electron chi connectivity index (χ0n) is 30.3. The maximum absolute atomic E-state index is 6.60. The molecule has 0 radical (unpaired) electrons. The van der Waals surface area contributed by atoms with E-state index < -0.39 is 0 Å². The first-order valence-corrected chi connectivity index (χ1v) is 18.9. The molecule has 4 heteroatoms. The highest BCUT2D eigenvalue weighted by Gasteiger charge is 2.18. The highest BCUT2D eigenvalue weighted by atomic mass is 16.3. The third-order valence-corrected chi connectivity index (χ3v) is 10.8. The van der Waals surface area contributed by atoms with Crippen molar-refractivity contribution in [1.82, 2.24) is 15.0 Å². The molecule has 3 heterocycles. The molecule has 0 aliphatic carbocycles. The first-order valence-electron chi connectivity index (χ1n) is 18.9. The minimum atomic E-state index is 0.648. The van der Waals surface area contributed by atoms with E-state index in [2.05, 4.69) is 175 Å². The fourth-order valence-corrected chi connectivity index (χ4v) is 8.13. The third kappa shape index (κ3) is 5.47. The molecule has 0 unspecified atom stereocenters. The van der Waals surface area contributed by atoms with Crippen LogP contribution in [0.4, 0.5) is 0 Å². The molecule has 0 bridgehead atoms. The summed E-state index contributed by atoms with van der Waals surface area (Å²) in [5.41, 5.74) is 15.1. The van der Waals surface area contributed by atoms with E-state index in [1.165, 1.54) is 10.8 Å². The maximum atomic E-state index is 6.60. The molecule has 0 saturated carbocycles. The number of hydrogen-bond acceptors (Lipinski definition) is 3. The fraction of sp³-hybridized carbons (Fsp3) is 0. The summed E-state index contributed by atoms with van der Waals surface area (Å²) in [6.07, 6.45) is 0. The summed E-state index contributed by atoms with van der Waals surface area (Å²) in [4.78, 5) is 14.4. The van der Waals surface area contributed by atoms with Gasteiger partial charge in [0.25, 0.3) is 0 Å². The first kappa shape index (κ1) is 31.9. The van der Waals surface area contributed by atoms with Crippen LogP contribution in [0, 0.1) is 0 Å². The van der Waals surface area contributed by atoms with Crippen LogP contribution in [-0.2, 0) is 0 Å². The van der Waals surface area contributed by atoms with Gasteiger partial charge in [0.2, 0.25) is 0 Å². The lowest BCUT2D eigenvalue weighted by Crippen LogP contribution is -1.97. The van der Waals surface area contributed by atoms with Gasteiger partial charge in [-0.3, -0.25) is 0 Å². The number of aromatic amines is 1. The number of aromatic nitrogens is 3. The number of furan rings is 1. The Balaban J connectivity index is 1.17. The molecule has 11 rings (SSSR count). The molecule has 0 fully saturated rings. The summed E-state index contributed by atoms with van der Waals surface area (Å²) in [6, 6.07) is 68.0. The molecule has 0 atom stereocenters. The van der Waals surface area contributed by atoms with E-state index in [-0.39, 0.29) is 0 Å². The SMILES string of the molecule is c1ccc(-c2cccc(-c3cc(-c4ccccc4)nc(-c4cc(-c5cccc6c5[nH]c5ccccc56)cc(-c5cccc6c5oc5ccccc56)c4)n3)c2)cc1. The highest BCUT2D eigenvalue weighted by Crippen LogP contribution is 2.41. The van der Waals surface area contributed by atoms with Crippen LogP contribution in [-0.4, -0.2) is 15.0 Å². The van der Waals surface area contributed by atoms with E-state index >= 15 is 0 Å². The summed E-state index contributed by atoms with van der Waals surface area (Å²) in [5.74, 6) is 0.648. The van der Waals surface area contributed by atoms with Gasteiger partial charge in [-0.15, -0.1) is 0 Å². The van der Waals surface area contributed by atoms with Crippen LogP contribution < -0.4 is 0 Å². The van der Waals surface area contributed by atoms with Gasteiger partial charge in [0, 0.05) is 54.9 Å². The molecule has 0 saturated heterocycles. The van der Waals surface area contributed by atoms with Crippen molar-refractivity contribution in [1.29, 1.82) is 0 Å². The van der Waals surface area contributed by atoms with E-state index in [0.717, 1.165) is 94.4 Å². The second kappa shape index (κ2) is 13.1. The highest BCUT2D eigenvalue weighted by molar-refractivity contribution is 6.13. The lowest BCUT2D eigenvalue weighted by atomic mass is 9.93. The molecule has 4 nitrogen and oxygen atoms in total. The summed E-state index contributed by atoms with van der Waals surface area (Å²) in [5, 5.41) is 4.58. The van der Waals surface area contributed by atoms with Crippen LogP contribution in [0.25, 0.3) is 111 Å². The monoisotopic (exact) mass is 715 g/mol. The van der Waals surface area contributed by atoms with Crippen LogP contribution in [0.15, 0.2) is 199 Å². The van der Waals surface area contributed by atoms with Gasteiger partial charge in [0.05, 0.1) is 16.9 Å². The summed E-state index contributed by atoms with van der Waals surface area (Å²) in [6.45, 7) is 0. The number of para-hydroxylation sites is 4. The molecule has 0 amide bonds. The van der Waals surface area contributed by atoms with Crippen molar-refractivity contribution in [3.8, 4) is 67.3 Å². The largest absolute Gasteiger partial charge is 0.455 e. The predicted octanol–water partition coefficient (Wildman–Crippen LogP) is 14.0. The van der Waals surface area contributed by atoms with Crippen molar-refractivity contribution in [2.45, 2.75) is 0 Å². The molecule has 0 spiro atoms. The maximum Gasteiger partial charge on any atom is 0.160 e. The van der Waals surface area contributed by atoms with E-state index in [4.69, 9.17) is 14.4 Å². The topological polar surface area (TPSA) is 54.7 Å². The predicted molar refractivity (Wildman–Crippen MR) is 231 cm³/mol. The zero-order chi connectivity index (χ0) is 37.0. The van der Waals surface area contributed by atoms with Gasteiger partial charge in [-0.25, -0.2) is 9.97 Å². The average molecular weight is 716 g/mol. The minimum Gasteiger partial charge on any atom is -0.455 e. The summed E-state index contributed by atoms with van der Waals surface area (Å²) >= 11 is 0. The van der Waals surface area contributed by atoms with Crippen LogP contribution in [0.1, 0.15) is 0 Å². The van der Waals surface area contributed by atoms with Gasteiger partial charge in [0.1, 0.15) is 11.2 Å². The lowest BCUT2D eigenvalue weighted by molar-refractivity contribution is 0.670. The molecular weight excluding hydrogens is 683 g/mol. The Morgan fingerprint density at radius 1 is 0.357 bits per heavy atom. The molecule has 11 aromatic rings. The molecule has 56 heavy (non-hydrogen) atoms. The second-order valence-corrected chi connectivity index (χ2v) is 14.3. The smallest absolute Gasteiger partial charge is 0.160 e. The molecule has 3 aromatic heterocycles. The van der Waals surface area contributed by atoms with E-state index in [0.29, 0.717) is 5.82 Å². The Bertz CT molecular complexity index is 3120. The number of fused-ring (bicyclic) bond motifs is 6. The van der Waals surface area contributed by atoms with E-state index in [1.807, 2.05) is 24.3 Å². The summed E-state index contributed by atoms with van der Waals surface area (Å²) in [7, 11) is 0. The van der Waals surface area contributed by atoms with Crippen LogP contribution >= 0.6 is 0 Å². The zero-order valence-corrected chi connectivity index (χ0v) is 30.3. The molecule has 0 aliphatic rings. The van der Waals surface area contributed by atoms with Crippen molar-refractivity contribution in [2.24, 2.45) is 0 Å². The van der Waals surface area contributed by atoms with Gasteiger partial charge in [-0.1, -0.05) is 152 Å². The molecule has 262 valence electrons. The van der Waals surface area contributed by atoms with Crippen molar-refractivity contribution >= 4 is 43.7 Å². The Kier molecular flexibility index (Phi) is 7.46.